The molecule has 0 saturated carbocycles. The highest BCUT2D eigenvalue weighted by Crippen LogP contribution is 2.26. The molecule has 7 nitrogen and oxygen atoms in total. The number of halogens is 2. The summed E-state index contributed by atoms with van der Waals surface area (Å²) in [6.07, 6.45) is 5.35. The van der Waals surface area contributed by atoms with Crippen LogP contribution < -0.4 is 20.1 Å². The molecule has 164 valence electrons. The van der Waals surface area contributed by atoms with Gasteiger partial charge in [0.05, 0.1) is 25.7 Å². The molecule has 1 heterocycles. The monoisotopic (exact) mass is 429 g/mol. The van der Waals surface area contributed by atoms with E-state index in [0.29, 0.717) is 30.4 Å². The number of benzene rings is 2. The molecule has 31 heavy (non-hydrogen) atoms. The predicted octanol–water partition coefficient (Wildman–Crippen LogP) is 3.74. The highest BCUT2D eigenvalue weighted by molar-refractivity contribution is 5.79. The van der Waals surface area contributed by atoms with Crippen LogP contribution >= 0.6 is 0 Å². The third-order valence-corrected chi connectivity index (χ3v) is 4.46. The fourth-order valence-electron chi connectivity index (χ4n) is 3.02. The fourth-order valence-corrected chi connectivity index (χ4v) is 3.02. The van der Waals surface area contributed by atoms with Gasteiger partial charge >= 0.3 is 6.61 Å². The SMILES string of the molecule is CCNC(=NCc1cc(OC)ccc1OC(F)F)NCc1ccccc1-n1ccnc1. The molecule has 0 aliphatic rings. The van der Waals surface area contributed by atoms with E-state index in [9.17, 15) is 8.78 Å². The Morgan fingerprint density at radius 2 is 2.00 bits per heavy atom. The second-order valence-electron chi connectivity index (χ2n) is 6.50. The summed E-state index contributed by atoms with van der Waals surface area (Å²) < 4.78 is 37.2. The molecule has 2 aromatic carbocycles. The summed E-state index contributed by atoms with van der Waals surface area (Å²) in [4.78, 5) is 8.63. The minimum Gasteiger partial charge on any atom is -0.497 e. The lowest BCUT2D eigenvalue weighted by molar-refractivity contribution is -0.0504. The molecule has 0 aliphatic carbocycles. The number of para-hydroxylation sites is 1. The van der Waals surface area contributed by atoms with E-state index in [1.807, 2.05) is 42.0 Å². The van der Waals surface area contributed by atoms with E-state index >= 15 is 0 Å². The third-order valence-electron chi connectivity index (χ3n) is 4.46. The molecular formula is C22H25F2N5O2. The summed E-state index contributed by atoms with van der Waals surface area (Å²) in [7, 11) is 1.51. The van der Waals surface area contributed by atoms with E-state index in [-0.39, 0.29) is 12.3 Å². The average molecular weight is 429 g/mol. The second-order valence-corrected chi connectivity index (χ2v) is 6.50. The van der Waals surface area contributed by atoms with Gasteiger partial charge in [-0.25, -0.2) is 9.98 Å². The van der Waals surface area contributed by atoms with Crippen LogP contribution in [0, 0.1) is 0 Å². The molecule has 0 amide bonds. The van der Waals surface area contributed by atoms with Crippen LogP contribution in [0.3, 0.4) is 0 Å². The Balaban J connectivity index is 1.76. The number of hydrogen-bond acceptors (Lipinski definition) is 4. The van der Waals surface area contributed by atoms with Gasteiger partial charge < -0.3 is 24.7 Å². The molecule has 3 rings (SSSR count). The molecule has 0 bridgehead atoms. The maximum absolute atomic E-state index is 12.7. The number of methoxy groups -OCH3 is 1. The molecule has 0 radical (unpaired) electrons. The molecule has 0 spiro atoms. The number of imidazole rings is 1. The van der Waals surface area contributed by atoms with Gasteiger partial charge in [0.1, 0.15) is 11.5 Å². The van der Waals surface area contributed by atoms with E-state index in [1.165, 1.54) is 13.2 Å². The van der Waals surface area contributed by atoms with Crippen molar-refractivity contribution in [2.75, 3.05) is 13.7 Å². The number of hydrogen-bond donors (Lipinski definition) is 2. The Morgan fingerprint density at radius 1 is 1.16 bits per heavy atom. The predicted molar refractivity (Wildman–Crippen MR) is 115 cm³/mol. The fraction of sp³-hybridized carbons (Fsp3) is 0.273. The third kappa shape index (κ3) is 6.18. The van der Waals surface area contributed by atoms with Gasteiger partial charge in [0.15, 0.2) is 5.96 Å². The largest absolute Gasteiger partial charge is 0.497 e. The van der Waals surface area contributed by atoms with E-state index in [4.69, 9.17) is 4.74 Å². The first-order valence-electron chi connectivity index (χ1n) is 9.80. The zero-order valence-corrected chi connectivity index (χ0v) is 17.4. The number of alkyl halides is 2. The van der Waals surface area contributed by atoms with Crippen molar-refractivity contribution in [3.05, 3.63) is 72.3 Å². The lowest BCUT2D eigenvalue weighted by Crippen LogP contribution is -2.37. The molecule has 0 aliphatic heterocycles. The Kier molecular flexibility index (Phi) is 7.80. The van der Waals surface area contributed by atoms with Gasteiger partial charge in [-0.2, -0.15) is 8.78 Å². The highest BCUT2D eigenvalue weighted by Gasteiger charge is 2.11. The summed E-state index contributed by atoms with van der Waals surface area (Å²) in [6, 6.07) is 12.6. The molecule has 9 heteroatoms. The van der Waals surface area contributed by atoms with Crippen molar-refractivity contribution < 1.29 is 18.3 Å². The summed E-state index contributed by atoms with van der Waals surface area (Å²) >= 11 is 0. The Morgan fingerprint density at radius 3 is 2.71 bits per heavy atom. The van der Waals surface area contributed by atoms with Crippen LogP contribution in [0.25, 0.3) is 5.69 Å². The number of ether oxygens (including phenoxy) is 2. The average Bonchev–Trinajstić information content (AvgIpc) is 3.31. The maximum Gasteiger partial charge on any atom is 0.387 e. The number of nitrogens with one attached hydrogen (secondary N) is 2. The van der Waals surface area contributed by atoms with Gasteiger partial charge in [-0.1, -0.05) is 18.2 Å². The first-order valence-corrected chi connectivity index (χ1v) is 9.80. The minimum absolute atomic E-state index is 0.0702. The molecule has 2 N–H and O–H groups in total. The van der Waals surface area contributed by atoms with Gasteiger partial charge in [-0.3, -0.25) is 0 Å². The van der Waals surface area contributed by atoms with Gasteiger partial charge in [-0.15, -0.1) is 0 Å². The minimum atomic E-state index is -2.91. The summed E-state index contributed by atoms with van der Waals surface area (Å²) in [5.41, 5.74) is 2.55. The van der Waals surface area contributed by atoms with Crippen LogP contribution in [0.2, 0.25) is 0 Å². The first kappa shape index (κ1) is 22.1. The van der Waals surface area contributed by atoms with Gasteiger partial charge in [0.25, 0.3) is 0 Å². The Hall–Kier alpha value is -3.62. The van der Waals surface area contributed by atoms with E-state index < -0.39 is 6.61 Å². The Labute approximate surface area is 179 Å². The van der Waals surface area contributed by atoms with Crippen molar-refractivity contribution in [1.29, 1.82) is 0 Å². The van der Waals surface area contributed by atoms with Crippen molar-refractivity contribution in [2.45, 2.75) is 26.6 Å². The van der Waals surface area contributed by atoms with E-state index in [1.54, 1.807) is 24.7 Å². The van der Waals surface area contributed by atoms with Crippen LogP contribution in [-0.2, 0) is 13.1 Å². The van der Waals surface area contributed by atoms with Crippen molar-refractivity contribution >= 4 is 5.96 Å². The smallest absolute Gasteiger partial charge is 0.387 e. The van der Waals surface area contributed by atoms with Crippen molar-refractivity contribution in [1.82, 2.24) is 20.2 Å². The molecule has 3 aromatic rings. The summed E-state index contributed by atoms with van der Waals surface area (Å²) in [6.45, 7) is 0.333. The second kappa shape index (κ2) is 11.0. The zero-order chi connectivity index (χ0) is 22.1. The highest BCUT2D eigenvalue weighted by atomic mass is 19.3. The van der Waals surface area contributed by atoms with Crippen LogP contribution in [0.1, 0.15) is 18.1 Å². The molecule has 0 atom stereocenters. The van der Waals surface area contributed by atoms with Crippen LogP contribution in [0.4, 0.5) is 8.78 Å². The number of aliphatic imine (C=N–C) groups is 1. The van der Waals surface area contributed by atoms with Gasteiger partial charge in [-0.05, 0) is 36.8 Å². The molecular weight excluding hydrogens is 404 g/mol. The lowest BCUT2D eigenvalue weighted by atomic mass is 10.1. The number of nitrogens with zero attached hydrogens (tertiary/aromatic N) is 3. The van der Waals surface area contributed by atoms with Gasteiger partial charge in [0, 0.05) is 31.0 Å². The summed E-state index contributed by atoms with van der Waals surface area (Å²) in [5, 5.41) is 6.45. The maximum atomic E-state index is 12.7. The lowest BCUT2D eigenvalue weighted by Gasteiger charge is -2.15. The molecule has 0 fully saturated rings. The van der Waals surface area contributed by atoms with Crippen LogP contribution in [-0.4, -0.2) is 35.8 Å². The van der Waals surface area contributed by atoms with Crippen LogP contribution in [0.15, 0.2) is 66.2 Å². The van der Waals surface area contributed by atoms with Crippen molar-refractivity contribution in [3.8, 4) is 17.2 Å². The first-order chi connectivity index (χ1) is 15.1. The number of guanidine groups is 1. The van der Waals surface area contributed by atoms with E-state index in [2.05, 4.69) is 25.3 Å². The Bertz CT molecular complexity index is 993. The normalized spacial score (nSPS) is 11.5. The van der Waals surface area contributed by atoms with Gasteiger partial charge in [0.2, 0.25) is 0 Å². The molecule has 0 saturated heterocycles. The van der Waals surface area contributed by atoms with Crippen LogP contribution in [0.5, 0.6) is 11.5 Å². The van der Waals surface area contributed by atoms with Crippen molar-refractivity contribution in [3.63, 3.8) is 0 Å². The van der Waals surface area contributed by atoms with Crippen molar-refractivity contribution in [2.24, 2.45) is 4.99 Å². The standard InChI is InChI=1S/C22H25F2N5O2/c1-3-26-22(27-13-16-6-4-5-7-19(16)29-11-10-25-15-29)28-14-17-12-18(30-2)8-9-20(17)31-21(23)24/h4-12,15,21H,3,13-14H2,1-2H3,(H2,26,27,28). The number of rotatable bonds is 9. The zero-order valence-electron chi connectivity index (χ0n) is 17.4. The topological polar surface area (TPSA) is 72.7 Å². The molecule has 1 aromatic heterocycles. The quantitative estimate of drug-likeness (QED) is 0.401. The number of aromatic nitrogens is 2. The van der Waals surface area contributed by atoms with E-state index in [0.717, 1.165) is 11.3 Å². The summed E-state index contributed by atoms with van der Waals surface area (Å²) in [5.74, 6) is 1.16. The molecule has 0 unspecified atom stereocenters.